The molecule has 1 aromatic rings. The molecule has 1 aliphatic heterocycles. The monoisotopic (exact) mass is 292 g/mol. The maximum Gasteiger partial charge on any atom is 0.254 e. The van der Waals surface area contributed by atoms with E-state index in [-0.39, 0.29) is 12.5 Å². The summed E-state index contributed by atoms with van der Waals surface area (Å²) < 4.78 is 0. The molecule has 5 heteroatoms. The number of aliphatic hydroxyl groups excluding tert-OH is 1. The maximum absolute atomic E-state index is 12.5. The molecule has 1 saturated heterocycles. The minimum atomic E-state index is -0.157. The van der Waals surface area contributed by atoms with Crippen LogP contribution in [-0.4, -0.2) is 60.6 Å². The molecule has 20 heavy (non-hydrogen) atoms. The molecule has 1 aliphatic rings. The number of thiophene rings is 1. The average molecular weight is 292 g/mol. The fraction of sp³-hybridized carbons (Fsp3) is 0.533. The summed E-state index contributed by atoms with van der Waals surface area (Å²) in [6, 6.07) is 2.23. The summed E-state index contributed by atoms with van der Waals surface area (Å²) in [5.74, 6) is 6.00. The summed E-state index contributed by atoms with van der Waals surface area (Å²) in [4.78, 5) is 17.4. The number of hydrogen-bond donors (Lipinski definition) is 1. The highest BCUT2D eigenvalue weighted by Gasteiger charge is 2.34. The Balaban J connectivity index is 2.07. The number of amides is 1. The van der Waals surface area contributed by atoms with Crippen LogP contribution in [0.3, 0.4) is 0 Å². The SMILES string of the molecule is CC1CN(C(=O)c2csc(C#CCO)c2)CC1N(C)C. The summed E-state index contributed by atoms with van der Waals surface area (Å²) in [5.41, 5.74) is 0.698. The summed E-state index contributed by atoms with van der Waals surface area (Å²) in [6.07, 6.45) is 0. The van der Waals surface area contributed by atoms with Gasteiger partial charge in [0, 0.05) is 24.5 Å². The largest absolute Gasteiger partial charge is 0.384 e. The number of likely N-dealkylation sites (N-methyl/N-ethyl adjacent to an activating group) is 1. The van der Waals surface area contributed by atoms with Crippen LogP contribution in [0.15, 0.2) is 11.4 Å². The Hall–Kier alpha value is -1.35. The van der Waals surface area contributed by atoms with Crippen molar-refractivity contribution in [2.45, 2.75) is 13.0 Å². The van der Waals surface area contributed by atoms with Crippen molar-refractivity contribution >= 4 is 17.2 Å². The molecule has 2 heterocycles. The minimum Gasteiger partial charge on any atom is -0.384 e. The van der Waals surface area contributed by atoms with Gasteiger partial charge in [0.05, 0.1) is 10.4 Å². The molecule has 0 aliphatic carbocycles. The number of rotatable bonds is 2. The lowest BCUT2D eigenvalue weighted by atomic mass is 10.1. The van der Waals surface area contributed by atoms with Crippen LogP contribution in [0.5, 0.6) is 0 Å². The van der Waals surface area contributed by atoms with Gasteiger partial charge in [0.1, 0.15) is 6.61 Å². The zero-order valence-electron chi connectivity index (χ0n) is 12.1. The molecule has 0 bridgehead atoms. The molecule has 1 amide bonds. The van der Waals surface area contributed by atoms with E-state index >= 15 is 0 Å². The Morgan fingerprint density at radius 2 is 2.30 bits per heavy atom. The van der Waals surface area contributed by atoms with Crippen LogP contribution < -0.4 is 0 Å². The fourth-order valence-corrected chi connectivity index (χ4v) is 3.36. The van der Waals surface area contributed by atoms with E-state index in [9.17, 15) is 4.79 Å². The van der Waals surface area contributed by atoms with Gasteiger partial charge in [0.2, 0.25) is 0 Å². The van der Waals surface area contributed by atoms with Gasteiger partial charge in [0.25, 0.3) is 5.91 Å². The van der Waals surface area contributed by atoms with Gasteiger partial charge < -0.3 is 14.9 Å². The second kappa shape index (κ2) is 6.40. The third-order valence-electron chi connectivity index (χ3n) is 3.66. The first-order chi connectivity index (χ1) is 9.52. The van der Waals surface area contributed by atoms with Crippen LogP contribution in [0, 0.1) is 17.8 Å². The summed E-state index contributed by atoms with van der Waals surface area (Å²) in [7, 11) is 4.12. The Labute approximate surface area is 124 Å². The molecular weight excluding hydrogens is 272 g/mol. The molecule has 108 valence electrons. The first kappa shape index (κ1) is 15.0. The molecule has 0 spiro atoms. The van der Waals surface area contributed by atoms with E-state index < -0.39 is 0 Å². The molecular formula is C15H20N2O2S. The number of carbonyl (C=O) groups excluding carboxylic acids is 1. The van der Waals surface area contributed by atoms with Gasteiger partial charge >= 0.3 is 0 Å². The molecule has 1 fully saturated rings. The van der Waals surface area contributed by atoms with Gasteiger partial charge in [-0.15, -0.1) is 11.3 Å². The van der Waals surface area contributed by atoms with Crippen LogP contribution in [0.1, 0.15) is 22.2 Å². The van der Waals surface area contributed by atoms with Crippen LogP contribution in [0.4, 0.5) is 0 Å². The van der Waals surface area contributed by atoms with Crippen molar-refractivity contribution in [2.75, 3.05) is 33.8 Å². The van der Waals surface area contributed by atoms with Crippen molar-refractivity contribution in [3.05, 3.63) is 21.9 Å². The second-order valence-electron chi connectivity index (χ2n) is 5.38. The zero-order valence-corrected chi connectivity index (χ0v) is 12.9. The Kier molecular flexibility index (Phi) is 4.81. The topological polar surface area (TPSA) is 43.8 Å². The number of nitrogens with zero attached hydrogens (tertiary/aromatic N) is 2. The maximum atomic E-state index is 12.5. The predicted molar refractivity (Wildman–Crippen MR) is 80.8 cm³/mol. The standard InChI is InChI=1S/C15H20N2O2S/c1-11-8-17(9-14(11)16(2)3)15(19)12-7-13(20-10-12)5-4-6-18/h7,10-11,14,18H,6,8-9H2,1-3H3. The van der Waals surface area contributed by atoms with Gasteiger partial charge in [-0.3, -0.25) is 4.79 Å². The Morgan fingerprint density at radius 3 is 2.90 bits per heavy atom. The molecule has 1 N–H and O–H groups in total. The number of likely N-dealkylation sites (tertiary alicyclic amines) is 1. The lowest BCUT2D eigenvalue weighted by molar-refractivity contribution is 0.0782. The first-order valence-corrected chi connectivity index (χ1v) is 7.55. The first-order valence-electron chi connectivity index (χ1n) is 6.67. The Bertz CT molecular complexity index is 542. The number of hydrogen-bond acceptors (Lipinski definition) is 4. The highest BCUT2D eigenvalue weighted by atomic mass is 32.1. The van der Waals surface area contributed by atoms with Gasteiger partial charge in [-0.05, 0) is 26.1 Å². The molecule has 2 unspecified atom stereocenters. The number of aliphatic hydroxyl groups is 1. The van der Waals surface area contributed by atoms with Gasteiger partial charge in [0.15, 0.2) is 0 Å². The fourth-order valence-electron chi connectivity index (χ4n) is 2.61. The third-order valence-corrected chi connectivity index (χ3v) is 4.51. The highest BCUT2D eigenvalue weighted by Crippen LogP contribution is 2.23. The lowest BCUT2D eigenvalue weighted by Gasteiger charge is -2.22. The normalized spacial score (nSPS) is 21.9. The van der Waals surface area contributed by atoms with Crippen molar-refractivity contribution in [1.82, 2.24) is 9.80 Å². The minimum absolute atomic E-state index is 0.0782. The van der Waals surface area contributed by atoms with Crippen molar-refractivity contribution < 1.29 is 9.90 Å². The van der Waals surface area contributed by atoms with Crippen molar-refractivity contribution in [1.29, 1.82) is 0 Å². The van der Waals surface area contributed by atoms with Gasteiger partial charge in [-0.1, -0.05) is 18.8 Å². The van der Waals surface area contributed by atoms with E-state index in [2.05, 4.69) is 37.8 Å². The molecule has 1 aromatic heterocycles. The zero-order chi connectivity index (χ0) is 14.7. The van der Waals surface area contributed by atoms with Crippen molar-refractivity contribution in [3.8, 4) is 11.8 Å². The van der Waals surface area contributed by atoms with E-state index in [1.165, 1.54) is 11.3 Å². The van der Waals surface area contributed by atoms with Crippen LogP contribution >= 0.6 is 11.3 Å². The molecule has 0 saturated carbocycles. The van der Waals surface area contributed by atoms with Crippen molar-refractivity contribution in [3.63, 3.8) is 0 Å². The predicted octanol–water partition coefficient (Wildman–Crippen LogP) is 1.11. The lowest BCUT2D eigenvalue weighted by Crippen LogP contribution is -2.35. The average Bonchev–Trinajstić information content (AvgIpc) is 3.02. The third kappa shape index (κ3) is 3.21. The van der Waals surface area contributed by atoms with E-state index in [0.717, 1.165) is 18.0 Å². The van der Waals surface area contributed by atoms with E-state index in [4.69, 9.17) is 5.11 Å². The summed E-state index contributed by atoms with van der Waals surface area (Å²) in [6.45, 7) is 3.61. The molecule has 2 rings (SSSR count). The van der Waals surface area contributed by atoms with E-state index in [1.807, 2.05) is 16.3 Å². The molecule has 0 aromatic carbocycles. The van der Waals surface area contributed by atoms with Gasteiger partial charge in [-0.2, -0.15) is 0 Å². The highest BCUT2D eigenvalue weighted by molar-refractivity contribution is 7.10. The summed E-state index contributed by atoms with van der Waals surface area (Å²) in [5, 5.41) is 10.5. The van der Waals surface area contributed by atoms with Crippen LogP contribution in [-0.2, 0) is 0 Å². The Morgan fingerprint density at radius 1 is 1.55 bits per heavy atom. The van der Waals surface area contributed by atoms with Crippen LogP contribution in [0.25, 0.3) is 0 Å². The number of carbonyl (C=O) groups is 1. The quantitative estimate of drug-likeness (QED) is 0.831. The second-order valence-corrected chi connectivity index (χ2v) is 6.29. The van der Waals surface area contributed by atoms with Crippen LogP contribution in [0.2, 0.25) is 0 Å². The van der Waals surface area contributed by atoms with E-state index in [1.54, 1.807) is 0 Å². The smallest absolute Gasteiger partial charge is 0.254 e. The summed E-state index contributed by atoms with van der Waals surface area (Å²) >= 11 is 1.44. The van der Waals surface area contributed by atoms with Gasteiger partial charge in [-0.25, -0.2) is 0 Å². The molecule has 0 radical (unpaired) electrons. The van der Waals surface area contributed by atoms with Crippen molar-refractivity contribution in [2.24, 2.45) is 5.92 Å². The molecule has 4 nitrogen and oxygen atoms in total. The van der Waals surface area contributed by atoms with E-state index in [0.29, 0.717) is 17.5 Å². The molecule has 2 atom stereocenters.